The van der Waals surface area contributed by atoms with Crippen molar-refractivity contribution < 1.29 is 19.4 Å². The maximum absolute atomic E-state index is 11.1. The normalized spacial score (nSPS) is 15.4. The van der Waals surface area contributed by atoms with Crippen LogP contribution in [0.3, 0.4) is 0 Å². The zero-order valence-electron chi connectivity index (χ0n) is 11.8. The Balaban J connectivity index is 3.06. The van der Waals surface area contributed by atoms with E-state index in [0.717, 1.165) is 5.56 Å². The average Bonchev–Trinajstić information content (AvgIpc) is 2.36. The van der Waals surface area contributed by atoms with Gasteiger partial charge in [-0.1, -0.05) is 19.1 Å². The molecule has 1 aromatic rings. The molecule has 0 spiro atoms. The molecule has 5 heteroatoms. The summed E-state index contributed by atoms with van der Waals surface area (Å²) in [6.45, 7) is 3.43. The first-order chi connectivity index (χ1) is 8.83. The van der Waals surface area contributed by atoms with E-state index >= 15 is 0 Å². The zero-order valence-corrected chi connectivity index (χ0v) is 11.8. The second-order valence-corrected chi connectivity index (χ2v) is 4.91. The Kier molecular flexibility index (Phi) is 4.78. The van der Waals surface area contributed by atoms with Crippen molar-refractivity contribution in [3.8, 4) is 11.5 Å². The van der Waals surface area contributed by atoms with Crippen LogP contribution < -0.4 is 15.2 Å². The maximum Gasteiger partial charge on any atom is 0.323 e. The Bertz CT molecular complexity index is 457. The van der Waals surface area contributed by atoms with Crippen molar-refractivity contribution in [1.82, 2.24) is 0 Å². The number of carboxylic acids is 1. The second-order valence-electron chi connectivity index (χ2n) is 4.91. The highest BCUT2D eigenvalue weighted by Gasteiger charge is 2.31. The summed E-state index contributed by atoms with van der Waals surface area (Å²) in [6, 6.07) is 5.54. The van der Waals surface area contributed by atoms with Crippen molar-refractivity contribution in [3.63, 3.8) is 0 Å². The molecule has 0 aliphatic heterocycles. The summed E-state index contributed by atoms with van der Waals surface area (Å²) in [4.78, 5) is 11.1. The van der Waals surface area contributed by atoms with Gasteiger partial charge in [0.05, 0.1) is 14.2 Å². The fourth-order valence-electron chi connectivity index (χ4n) is 2.13. The third kappa shape index (κ3) is 3.38. The molecule has 0 aromatic heterocycles. The third-order valence-corrected chi connectivity index (χ3v) is 3.18. The molecule has 2 unspecified atom stereocenters. The number of rotatable bonds is 6. The van der Waals surface area contributed by atoms with E-state index in [-0.39, 0.29) is 5.92 Å². The molecule has 2 atom stereocenters. The maximum atomic E-state index is 11.1. The molecule has 0 heterocycles. The summed E-state index contributed by atoms with van der Waals surface area (Å²) < 4.78 is 10.6. The highest BCUT2D eigenvalue weighted by Crippen LogP contribution is 2.37. The Morgan fingerprint density at radius 3 is 2.53 bits per heavy atom. The van der Waals surface area contributed by atoms with Crippen LogP contribution in [0.2, 0.25) is 0 Å². The minimum absolute atomic E-state index is 0.0591. The van der Waals surface area contributed by atoms with Crippen LogP contribution in [0.1, 0.15) is 31.7 Å². The van der Waals surface area contributed by atoms with E-state index in [1.54, 1.807) is 20.3 Å². The molecule has 0 aliphatic rings. The standard InChI is InChI=1S/C14H21NO4/c1-9(8-14(2,15)13(16)17)10-6-5-7-11(18-3)12(10)19-4/h5-7,9H,8,15H2,1-4H3,(H,16,17). The number of carboxylic acid groups (broad SMARTS) is 1. The third-order valence-electron chi connectivity index (χ3n) is 3.18. The van der Waals surface area contributed by atoms with Gasteiger partial charge in [0.15, 0.2) is 11.5 Å². The van der Waals surface area contributed by atoms with Crippen molar-refractivity contribution in [3.05, 3.63) is 23.8 Å². The van der Waals surface area contributed by atoms with Crippen molar-refractivity contribution in [2.24, 2.45) is 5.73 Å². The summed E-state index contributed by atoms with van der Waals surface area (Å²) in [7, 11) is 3.13. The molecular formula is C14H21NO4. The lowest BCUT2D eigenvalue weighted by Crippen LogP contribution is -2.45. The molecule has 0 radical (unpaired) electrons. The summed E-state index contributed by atoms with van der Waals surface area (Å²) in [5, 5.41) is 9.08. The minimum Gasteiger partial charge on any atom is -0.493 e. The van der Waals surface area contributed by atoms with Gasteiger partial charge in [0.2, 0.25) is 0 Å². The highest BCUT2D eigenvalue weighted by molar-refractivity contribution is 5.78. The van der Waals surface area contributed by atoms with E-state index in [4.69, 9.17) is 20.3 Å². The summed E-state index contributed by atoms with van der Waals surface area (Å²) in [5.74, 6) is 0.178. The lowest BCUT2D eigenvalue weighted by molar-refractivity contribution is -0.143. The number of ether oxygens (including phenoxy) is 2. The molecule has 5 nitrogen and oxygen atoms in total. The van der Waals surface area contributed by atoms with Crippen molar-refractivity contribution >= 4 is 5.97 Å². The Hall–Kier alpha value is -1.75. The number of methoxy groups -OCH3 is 2. The predicted molar refractivity (Wildman–Crippen MR) is 72.8 cm³/mol. The second kappa shape index (κ2) is 5.93. The van der Waals surface area contributed by atoms with Gasteiger partial charge in [-0.3, -0.25) is 4.79 Å². The Morgan fingerprint density at radius 2 is 2.05 bits per heavy atom. The topological polar surface area (TPSA) is 81.8 Å². The molecule has 0 saturated heterocycles. The lowest BCUT2D eigenvalue weighted by Gasteiger charge is -2.25. The first kappa shape index (κ1) is 15.3. The lowest BCUT2D eigenvalue weighted by atomic mass is 9.86. The van der Waals surface area contributed by atoms with Crippen LogP contribution in [0.5, 0.6) is 11.5 Å². The zero-order chi connectivity index (χ0) is 14.6. The van der Waals surface area contributed by atoms with Gasteiger partial charge in [-0.15, -0.1) is 0 Å². The predicted octanol–water partition coefficient (Wildman–Crippen LogP) is 2.00. The first-order valence-corrected chi connectivity index (χ1v) is 6.06. The van der Waals surface area contributed by atoms with Crippen molar-refractivity contribution in [2.75, 3.05) is 14.2 Å². The minimum atomic E-state index is -1.27. The van der Waals surface area contributed by atoms with Crippen LogP contribution in [0.15, 0.2) is 18.2 Å². The fourth-order valence-corrected chi connectivity index (χ4v) is 2.13. The molecular weight excluding hydrogens is 246 g/mol. The molecule has 1 aromatic carbocycles. The number of carbonyl (C=O) groups is 1. The van der Waals surface area contributed by atoms with Gasteiger partial charge in [0.1, 0.15) is 5.54 Å². The summed E-state index contributed by atoms with van der Waals surface area (Å²) >= 11 is 0. The number of aliphatic carboxylic acids is 1. The van der Waals surface area contributed by atoms with Crippen LogP contribution in [-0.2, 0) is 4.79 Å². The number of nitrogens with two attached hydrogens (primary N) is 1. The average molecular weight is 267 g/mol. The van der Waals surface area contributed by atoms with Crippen LogP contribution in [0.25, 0.3) is 0 Å². The molecule has 1 rings (SSSR count). The highest BCUT2D eigenvalue weighted by atomic mass is 16.5. The van der Waals surface area contributed by atoms with E-state index in [1.165, 1.54) is 6.92 Å². The number of hydrogen-bond acceptors (Lipinski definition) is 4. The fraction of sp³-hybridized carbons (Fsp3) is 0.500. The molecule has 0 amide bonds. The van der Waals surface area contributed by atoms with E-state index in [1.807, 2.05) is 19.1 Å². The van der Waals surface area contributed by atoms with Crippen LogP contribution >= 0.6 is 0 Å². The van der Waals surface area contributed by atoms with Gasteiger partial charge < -0.3 is 20.3 Å². The number of hydrogen-bond donors (Lipinski definition) is 2. The molecule has 106 valence electrons. The van der Waals surface area contributed by atoms with Crippen LogP contribution in [0, 0.1) is 0 Å². The number of para-hydroxylation sites is 1. The van der Waals surface area contributed by atoms with Crippen molar-refractivity contribution in [1.29, 1.82) is 0 Å². The van der Waals surface area contributed by atoms with E-state index in [9.17, 15) is 4.79 Å². The van der Waals surface area contributed by atoms with E-state index in [2.05, 4.69) is 0 Å². The SMILES string of the molecule is COc1cccc(C(C)CC(C)(N)C(=O)O)c1OC. The molecule has 3 N–H and O–H groups in total. The molecule has 0 aliphatic carbocycles. The van der Waals surface area contributed by atoms with Gasteiger partial charge in [0, 0.05) is 5.56 Å². The largest absolute Gasteiger partial charge is 0.493 e. The monoisotopic (exact) mass is 267 g/mol. The Morgan fingerprint density at radius 1 is 1.42 bits per heavy atom. The summed E-state index contributed by atoms with van der Waals surface area (Å²) in [6.07, 6.45) is 0.311. The molecule has 0 fully saturated rings. The van der Waals surface area contributed by atoms with E-state index in [0.29, 0.717) is 17.9 Å². The molecule has 19 heavy (non-hydrogen) atoms. The van der Waals surface area contributed by atoms with Crippen LogP contribution in [-0.4, -0.2) is 30.8 Å². The van der Waals surface area contributed by atoms with Crippen LogP contribution in [0.4, 0.5) is 0 Å². The summed E-state index contributed by atoms with van der Waals surface area (Å²) in [5.41, 5.74) is 5.41. The number of benzene rings is 1. The van der Waals surface area contributed by atoms with Gasteiger partial charge >= 0.3 is 5.97 Å². The van der Waals surface area contributed by atoms with Gasteiger partial charge in [-0.25, -0.2) is 0 Å². The quantitative estimate of drug-likeness (QED) is 0.823. The first-order valence-electron chi connectivity index (χ1n) is 6.06. The smallest absolute Gasteiger partial charge is 0.323 e. The van der Waals surface area contributed by atoms with Gasteiger partial charge in [-0.05, 0) is 25.3 Å². The van der Waals surface area contributed by atoms with E-state index < -0.39 is 11.5 Å². The van der Waals surface area contributed by atoms with Gasteiger partial charge in [0.25, 0.3) is 0 Å². The van der Waals surface area contributed by atoms with Gasteiger partial charge in [-0.2, -0.15) is 0 Å². The molecule has 0 bridgehead atoms. The Labute approximate surface area is 113 Å². The molecule has 0 saturated carbocycles. The van der Waals surface area contributed by atoms with Crippen molar-refractivity contribution in [2.45, 2.75) is 31.7 Å².